The van der Waals surface area contributed by atoms with Gasteiger partial charge in [-0.3, -0.25) is 32.9 Å². The maximum atomic E-state index is 12.6. The van der Waals surface area contributed by atoms with E-state index in [0.29, 0.717) is 42.5 Å². The number of nitro groups is 1. The molecular formula is C30H24N8O19S5. The van der Waals surface area contributed by atoms with Crippen molar-refractivity contribution in [2.45, 2.75) is 31.4 Å². The molecule has 5 aromatic carbocycles. The number of fused-ring (bicyclic) bond motifs is 1. The predicted molar refractivity (Wildman–Crippen MR) is 209 cm³/mol. The van der Waals surface area contributed by atoms with E-state index in [2.05, 4.69) is 30.7 Å². The molecule has 0 saturated heterocycles. The number of nitrogen functional groups attached to an aromatic ring is 1. The van der Waals surface area contributed by atoms with Gasteiger partial charge in [-0.15, -0.1) is 25.6 Å². The Morgan fingerprint density at radius 1 is 0.581 bits per heavy atom. The zero-order valence-electron chi connectivity index (χ0n) is 30.5. The molecule has 0 aliphatic heterocycles. The van der Waals surface area contributed by atoms with Gasteiger partial charge in [0.2, 0.25) is 0 Å². The Hall–Kier alpha value is -6.49. The minimum absolute atomic E-state index is 0.120. The molecule has 32 heteroatoms. The second-order valence-corrected chi connectivity index (χ2v) is 19.1. The van der Waals surface area contributed by atoms with Crippen LogP contribution in [0.4, 0.5) is 45.5 Å². The van der Waals surface area contributed by atoms with E-state index >= 15 is 0 Å². The normalized spacial score (nSPS) is 13.1. The third-order valence-corrected chi connectivity index (χ3v) is 12.5. The summed E-state index contributed by atoms with van der Waals surface area (Å²) in [4.78, 5) is 4.86. The molecule has 0 heterocycles. The first-order valence-corrected chi connectivity index (χ1v) is 23.0. The van der Waals surface area contributed by atoms with Gasteiger partial charge in [0, 0.05) is 23.6 Å². The molecule has 0 bridgehead atoms. The average molecular weight is 961 g/mol. The van der Waals surface area contributed by atoms with Crippen LogP contribution in [0.3, 0.4) is 0 Å². The van der Waals surface area contributed by atoms with Crippen LogP contribution >= 0.6 is 0 Å². The number of nitro benzene ring substituents is 1. The predicted octanol–water partition coefficient (Wildman–Crippen LogP) is 5.83. The summed E-state index contributed by atoms with van der Waals surface area (Å²) in [5, 5.41) is 43.0. The Labute approximate surface area is 347 Å². The molecule has 0 aliphatic carbocycles. The van der Waals surface area contributed by atoms with E-state index in [4.69, 9.17) is 10.5 Å². The van der Waals surface area contributed by atoms with Crippen LogP contribution in [-0.2, 0) is 50.6 Å². The number of non-ortho nitro benzene ring substituents is 1. The Kier molecular flexibility index (Phi) is 12.3. The number of anilines is 1. The van der Waals surface area contributed by atoms with Gasteiger partial charge in [0.1, 0.15) is 53.8 Å². The second kappa shape index (κ2) is 16.4. The van der Waals surface area contributed by atoms with Crippen molar-refractivity contribution in [1.82, 2.24) is 0 Å². The summed E-state index contributed by atoms with van der Waals surface area (Å²) >= 11 is 0. The monoisotopic (exact) mass is 960 g/mol. The van der Waals surface area contributed by atoms with Crippen LogP contribution in [-0.4, -0.2) is 82.0 Å². The van der Waals surface area contributed by atoms with E-state index in [1.54, 1.807) is 0 Å². The number of hydrogen-bond donors (Lipinski definition) is 7. The van der Waals surface area contributed by atoms with Crippen molar-refractivity contribution >= 4 is 107 Å². The summed E-state index contributed by atoms with van der Waals surface area (Å²) < 4.78 is 175. The van der Waals surface area contributed by atoms with Gasteiger partial charge in [0.25, 0.3) is 56.3 Å². The summed E-state index contributed by atoms with van der Waals surface area (Å²) in [6, 6.07) is 6.92. The number of nitrogens with two attached hydrogens (primary N) is 1. The molecular weight excluding hydrogens is 937 g/mol. The molecule has 5 rings (SSSR count). The molecule has 0 fully saturated rings. The fourth-order valence-electron chi connectivity index (χ4n) is 5.30. The van der Waals surface area contributed by atoms with Gasteiger partial charge >= 0.3 is 0 Å². The Balaban J connectivity index is 1.70. The highest BCUT2D eigenvalue weighted by atomic mass is 32.2. The van der Waals surface area contributed by atoms with Crippen molar-refractivity contribution in [3.05, 3.63) is 76.3 Å². The number of hydrogen-bond acceptors (Lipinski definition) is 21. The van der Waals surface area contributed by atoms with E-state index in [0.717, 1.165) is 19.2 Å². The molecule has 8 N–H and O–H groups in total. The van der Waals surface area contributed by atoms with E-state index < -0.39 is 131 Å². The van der Waals surface area contributed by atoms with Gasteiger partial charge in [0.15, 0.2) is 5.75 Å². The van der Waals surface area contributed by atoms with Crippen molar-refractivity contribution < 1.29 is 79.6 Å². The Morgan fingerprint density at radius 2 is 1.13 bits per heavy atom. The molecule has 0 unspecified atom stereocenters. The van der Waals surface area contributed by atoms with Crippen molar-refractivity contribution in [1.29, 1.82) is 0 Å². The van der Waals surface area contributed by atoms with Crippen LogP contribution in [0.1, 0.15) is 5.56 Å². The largest absolute Gasteiger partial charge is 0.505 e. The second-order valence-electron chi connectivity index (χ2n) is 12.1. The van der Waals surface area contributed by atoms with Gasteiger partial charge in [0.05, 0.1) is 33.7 Å². The number of aryl methyl sites for hydroxylation is 1. The highest BCUT2D eigenvalue weighted by Gasteiger charge is 2.29. The van der Waals surface area contributed by atoms with Crippen molar-refractivity contribution in [3.63, 3.8) is 0 Å². The first kappa shape index (κ1) is 46.6. The maximum absolute atomic E-state index is 12.6. The van der Waals surface area contributed by atoms with Crippen LogP contribution in [0, 0.1) is 17.0 Å². The van der Waals surface area contributed by atoms with Crippen LogP contribution in [0.2, 0.25) is 0 Å². The van der Waals surface area contributed by atoms with Gasteiger partial charge in [-0.05, 0) is 55.0 Å². The minimum atomic E-state index is -5.44. The summed E-state index contributed by atoms with van der Waals surface area (Å²) in [6.45, 7) is 1.37. The third-order valence-electron chi connectivity index (χ3n) is 8.10. The highest BCUT2D eigenvalue weighted by molar-refractivity contribution is 7.87. The maximum Gasteiger partial charge on any atom is 0.297 e. The SMILES string of the molecule is COc1cc(N=Nc2cc(S(=O)(=O)O)ccc2S(=O)(=O)O)c(C)cc1N=Nc1c(S(=O)(=O)O)cc2c(S(=O)(=O)O)cc(N=Nc3ccc([N+](=O)[O-])cc3S(=O)(=O)O)c(O)c2c1N. The number of ether oxygens (including phenoxy) is 1. The van der Waals surface area contributed by atoms with Gasteiger partial charge in [-0.1, -0.05) is 0 Å². The van der Waals surface area contributed by atoms with E-state index in [9.17, 15) is 80.1 Å². The van der Waals surface area contributed by atoms with E-state index in [1.165, 1.54) is 13.0 Å². The molecule has 0 spiro atoms. The molecule has 0 amide bonds. The summed E-state index contributed by atoms with van der Waals surface area (Å²) in [5.74, 6) is -1.37. The Bertz CT molecular complexity index is 3430. The number of azo groups is 3. The van der Waals surface area contributed by atoms with Crippen molar-refractivity contribution in [2.75, 3.05) is 12.8 Å². The van der Waals surface area contributed by atoms with E-state index in [-0.39, 0.29) is 22.7 Å². The molecule has 5 aromatic rings. The number of phenols is 1. The average Bonchev–Trinajstić information content (AvgIpc) is 3.14. The molecule has 62 heavy (non-hydrogen) atoms. The lowest BCUT2D eigenvalue weighted by Crippen LogP contribution is -2.05. The standard InChI is InChI=1S/C30H24N8O19S5/c1-13-7-19(22(57-2)11-18(13)33-35-20-9-15(58(42,43)44)4-6-23(20)59(45,46)47)34-37-29-26(62(54,55)56)10-16-24(60(48,49)50)12-21(30(39)27(16)28(29)31)36-32-17-5-3-14(38(40)41)8-25(17)61(51,52)53/h3-12,39H,31H2,1-2H3,(H,42,43,44)(H,45,46,47)(H,48,49,50)(H,51,52,53)(H,54,55,56). The fraction of sp³-hybridized carbons (Fsp3) is 0.0667. The number of benzene rings is 5. The highest BCUT2D eigenvalue weighted by Crippen LogP contribution is 2.49. The Morgan fingerprint density at radius 3 is 1.68 bits per heavy atom. The molecule has 0 aromatic heterocycles. The number of aromatic hydroxyl groups is 1. The summed E-state index contributed by atoms with van der Waals surface area (Å²) in [5.41, 5.74) is 0.787. The zero-order chi connectivity index (χ0) is 46.5. The lowest BCUT2D eigenvalue weighted by Gasteiger charge is -2.14. The molecule has 27 nitrogen and oxygen atoms in total. The van der Waals surface area contributed by atoms with Crippen LogP contribution in [0.5, 0.6) is 11.5 Å². The van der Waals surface area contributed by atoms with E-state index in [1.807, 2.05) is 0 Å². The summed E-state index contributed by atoms with van der Waals surface area (Å²) in [7, 11) is -24.9. The number of methoxy groups -OCH3 is 1. The van der Waals surface area contributed by atoms with Crippen molar-refractivity contribution in [2.24, 2.45) is 30.7 Å². The lowest BCUT2D eigenvalue weighted by atomic mass is 10.0. The first-order chi connectivity index (χ1) is 28.4. The van der Waals surface area contributed by atoms with Gasteiger partial charge in [-0.25, -0.2) is 0 Å². The first-order valence-electron chi connectivity index (χ1n) is 15.8. The number of nitrogens with zero attached hydrogens (tertiary/aromatic N) is 7. The fourth-order valence-corrected chi connectivity index (χ4v) is 8.40. The smallest absolute Gasteiger partial charge is 0.297 e. The zero-order valence-corrected chi connectivity index (χ0v) is 34.6. The minimum Gasteiger partial charge on any atom is -0.505 e. The molecule has 0 atom stereocenters. The quantitative estimate of drug-likeness (QED) is 0.0240. The van der Waals surface area contributed by atoms with Crippen LogP contribution < -0.4 is 10.5 Å². The molecule has 328 valence electrons. The number of rotatable bonds is 13. The summed E-state index contributed by atoms with van der Waals surface area (Å²) in [6.07, 6.45) is 0. The van der Waals surface area contributed by atoms with Crippen LogP contribution in [0.25, 0.3) is 10.8 Å². The molecule has 0 radical (unpaired) electrons. The van der Waals surface area contributed by atoms with Crippen molar-refractivity contribution in [3.8, 4) is 11.5 Å². The number of phenolic OH excluding ortho intramolecular Hbond substituents is 1. The molecule has 0 saturated carbocycles. The van der Waals surface area contributed by atoms with Crippen LogP contribution in [0.15, 0.2) is 116 Å². The lowest BCUT2D eigenvalue weighted by molar-refractivity contribution is -0.385. The third kappa shape index (κ3) is 9.83. The van der Waals surface area contributed by atoms with Gasteiger partial charge in [-0.2, -0.15) is 47.2 Å². The molecule has 0 aliphatic rings. The topological polar surface area (TPSA) is 445 Å². The van der Waals surface area contributed by atoms with Gasteiger partial charge < -0.3 is 15.6 Å².